The lowest BCUT2D eigenvalue weighted by molar-refractivity contribution is 0.291. The number of benzene rings is 1. The summed E-state index contributed by atoms with van der Waals surface area (Å²) < 4.78 is 7.82. The number of aromatic nitrogens is 2. The van der Waals surface area contributed by atoms with Crippen LogP contribution in [-0.2, 0) is 6.61 Å². The van der Waals surface area contributed by atoms with Gasteiger partial charge >= 0.3 is 0 Å². The van der Waals surface area contributed by atoms with Crippen LogP contribution >= 0.6 is 0 Å². The summed E-state index contributed by atoms with van der Waals surface area (Å²) in [4.78, 5) is 4.36. The van der Waals surface area contributed by atoms with Crippen molar-refractivity contribution in [3.05, 3.63) is 65.2 Å². The summed E-state index contributed by atoms with van der Waals surface area (Å²) in [6, 6.07) is 13.9. The number of nitriles is 1. The van der Waals surface area contributed by atoms with E-state index in [1.807, 2.05) is 60.8 Å². The Balaban J connectivity index is 1.95. The Morgan fingerprint density at radius 3 is 2.62 bits per heavy atom. The molecule has 2 aromatic heterocycles. The predicted octanol–water partition coefficient (Wildman–Crippen LogP) is 3.40. The average molecular weight is 277 g/mol. The van der Waals surface area contributed by atoms with Crippen molar-refractivity contribution in [1.82, 2.24) is 9.38 Å². The first-order valence-electron chi connectivity index (χ1n) is 6.76. The third-order valence-electron chi connectivity index (χ3n) is 3.48. The molecule has 3 rings (SSSR count). The Bertz CT molecular complexity index is 823. The van der Waals surface area contributed by atoms with Gasteiger partial charge in [-0.3, -0.25) is 4.40 Å². The predicted molar refractivity (Wildman–Crippen MR) is 80.2 cm³/mol. The van der Waals surface area contributed by atoms with Crippen LogP contribution in [0.15, 0.2) is 42.6 Å². The smallest absolute Gasteiger partial charge is 0.166 e. The molecule has 3 aromatic rings. The van der Waals surface area contributed by atoms with Crippen molar-refractivity contribution >= 4 is 5.52 Å². The van der Waals surface area contributed by atoms with E-state index in [9.17, 15) is 0 Å². The number of imidazole rings is 1. The normalized spacial score (nSPS) is 10.5. The van der Waals surface area contributed by atoms with E-state index >= 15 is 0 Å². The highest BCUT2D eigenvalue weighted by molar-refractivity contribution is 5.58. The van der Waals surface area contributed by atoms with E-state index in [2.05, 4.69) is 11.1 Å². The zero-order valence-electron chi connectivity index (χ0n) is 12.0. The molecule has 0 aliphatic heterocycles. The summed E-state index contributed by atoms with van der Waals surface area (Å²) >= 11 is 0. The number of nitrogens with zero attached hydrogens (tertiary/aromatic N) is 3. The molecule has 0 saturated carbocycles. The fraction of sp³-hybridized carbons (Fsp3) is 0.176. The van der Waals surface area contributed by atoms with Crippen molar-refractivity contribution < 1.29 is 4.74 Å². The minimum absolute atomic E-state index is 0.332. The summed E-state index contributed by atoms with van der Waals surface area (Å²) in [5.74, 6) is 1.61. The summed E-state index contributed by atoms with van der Waals surface area (Å²) in [6.45, 7) is 4.37. The van der Waals surface area contributed by atoms with Crippen molar-refractivity contribution in [2.75, 3.05) is 0 Å². The van der Waals surface area contributed by atoms with E-state index < -0.39 is 0 Å². The van der Waals surface area contributed by atoms with Gasteiger partial charge in [0.25, 0.3) is 0 Å². The lowest BCUT2D eigenvalue weighted by Crippen LogP contribution is -2.03. The average Bonchev–Trinajstić information content (AvgIpc) is 2.85. The highest BCUT2D eigenvalue weighted by atomic mass is 16.5. The molecule has 104 valence electrons. The van der Waals surface area contributed by atoms with Gasteiger partial charge in [-0.15, -0.1) is 0 Å². The number of para-hydroxylation sites is 1. The van der Waals surface area contributed by atoms with Gasteiger partial charge in [0.1, 0.15) is 18.4 Å². The highest BCUT2D eigenvalue weighted by Crippen LogP contribution is 2.23. The van der Waals surface area contributed by atoms with Gasteiger partial charge in [0.2, 0.25) is 0 Å². The van der Waals surface area contributed by atoms with Crippen LogP contribution in [0.4, 0.5) is 0 Å². The molecule has 0 unspecified atom stereocenters. The van der Waals surface area contributed by atoms with Crippen LogP contribution in [0, 0.1) is 25.2 Å². The lowest BCUT2D eigenvalue weighted by Gasteiger charge is -2.11. The van der Waals surface area contributed by atoms with E-state index in [1.165, 1.54) is 0 Å². The highest BCUT2D eigenvalue weighted by Gasteiger charge is 2.11. The van der Waals surface area contributed by atoms with E-state index in [0.717, 1.165) is 28.2 Å². The molecule has 1 aromatic carbocycles. The Kier molecular flexibility index (Phi) is 3.33. The second kappa shape index (κ2) is 5.29. The molecule has 0 bridgehead atoms. The number of ether oxygens (including phenoxy) is 1. The van der Waals surface area contributed by atoms with Crippen LogP contribution in [0.1, 0.15) is 22.6 Å². The maximum absolute atomic E-state index is 9.16. The van der Waals surface area contributed by atoms with Crippen LogP contribution in [0.25, 0.3) is 5.52 Å². The Labute approximate surface area is 123 Å². The van der Waals surface area contributed by atoms with Crippen LogP contribution in [0.2, 0.25) is 0 Å². The van der Waals surface area contributed by atoms with Gasteiger partial charge in [-0.05, 0) is 37.1 Å². The van der Waals surface area contributed by atoms with Crippen LogP contribution in [0.5, 0.6) is 5.75 Å². The third kappa shape index (κ3) is 2.34. The van der Waals surface area contributed by atoms with Crippen molar-refractivity contribution in [2.24, 2.45) is 0 Å². The van der Waals surface area contributed by atoms with Gasteiger partial charge in [-0.1, -0.05) is 24.3 Å². The quantitative estimate of drug-likeness (QED) is 0.737. The topological polar surface area (TPSA) is 50.3 Å². The summed E-state index contributed by atoms with van der Waals surface area (Å²) in [5, 5.41) is 9.16. The molecule has 2 heterocycles. The van der Waals surface area contributed by atoms with Crippen LogP contribution in [-0.4, -0.2) is 9.38 Å². The first kappa shape index (κ1) is 13.2. The maximum atomic E-state index is 9.16. The fourth-order valence-electron chi connectivity index (χ4n) is 2.45. The molecule has 0 atom stereocenters. The molecule has 0 amide bonds. The molecule has 0 radical (unpaired) electrons. The number of aryl methyl sites for hydroxylation is 2. The van der Waals surface area contributed by atoms with Gasteiger partial charge in [0.15, 0.2) is 11.5 Å². The monoisotopic (exact) mass is 277 g/mol. The molecule has 0 saturated heterocycles. The van der Waals surface area contributed by atoms with E-state index in [4.69, 9.17) is 10.00 Å². The first-order chi connectivity index (χ1) is 10.2. The van der Waals surface area contributed by atoms with Crippen LogP contribution < -0.4 is 4.74 Å². The zero-order valence-corrected chi connectivity index (χ0v) is 12.0. The zero-order chi connectivity index (χ0) is 14.8. The fourth-order valence-corrected chi connectivity index (χ4v) is 2.45. The van der Waals surface area contributed by atoms with E-state index in [-0.39, 0.29) is 0 Å². The van der Waals surface area contributed by atoms with Gasteiger partial charge < -0.3 is 4.74 Å². The summed E-state index contributed by atoms with van der Waals surface area (Å²) in [6.07, 6.45) is 1.90. The van der Waals surface area contributed by atoms with E-state index in [1.54, 1.807) is 0 Å². The number of pyridine rings is 1. The van der Waals surface area contributed by atoms with Crippen LogP contribution in [0.3, 0.4) is 0 Å². The molecule has 0 spiro atoms. The standard InChI is InChI=1S/C17H15N3O/c1-12-6-5-7-13(2)17(12)21-11-16-19-14(10-18)15-8-3-4-9-20(15)16/h3-9H,11H2,1-2H3. The molecule has 0 aliphatic rings. The summed E-state index contributed by atoms with van der Waals surface area (Å²) in [5.41, 5.74) is 3.42. The molecule has 21 heavy (non-hydrogen) atoms. The van der Waals surface area contributed by atoms with Gasteiger partial charge in [0, 0.05) is 6.20 Å². The number of hydrogen-bond acceptors (Lipinski definition) is 3. The molecule has 4 heteroatoms. The summed E-state index contributed by atoms with van der Waals surface area (Å²) in [7, 11) is 0. The maximum Gasteiger partial charge on any atom is 0.166 e. The van der Waals surface area contributed by atoms with Gasteiger partial charge in [-0.2, -0.15) is 5.26 Å². The second-order valence-corrected chi connectivity index (χ2v) is 4.95. The number of fused-ring (bicyclic) bond motifs is 1. The Hall–Kier alpha value is -2.80. The van der Waals surface area contributed by atoms with Gasteiger partial charge in [0.05, 0.1) is 5.52 Å². The molecule has 0 N–H and O–H groups in total. The van der Waals surface area contributed by atoms with Crippen molar-refractivity contribution in [1.29, 1.82) is 5.26 Å². The van der Waals surface area contributed by atoms with Crippen molar-refractivity contribution in [3.63, 3.8) is 0 Å². The van der Waals surface area contributed by atoms with Crippen molar-refractivity contribution in [3.8, 4) is 11.8 Å². The minimum Gasteiger partial charge on any atom is -0.485 e. The van der Waals surface area contributed by atoms with E-state index in [0.29, 0.717) is 12.3 Å². The number of rotatable bonds is 3. The SMILES string of the molecule is Cc1cccc(C)c1OCc1nc(C#N)c2ccccn12. The minimum atomic E-state index is 0.332. The third-order valence-corrected chi connectivity index (χ3v) is 3.48. The largest absolute Gasteiger partial charge is 0.485 e. The Morgan fingerprint density at radius 2 is 1.90 bits per heavy atom. The molecule has 4 nitrogen and oxygen atoms in total. The molecular weight excluding hydrogens is 262 g/mol. The molecule has 0 fully saturated rings. The molecule has 0 aliphatic carbocycles. The first-order valence-corrected chi connectivity index (χ1v) is 6.76. The van der Waals surface area contributed by atoms with Crippen molar-refractivity contribution in [2.45, 2.75) is 20.5 Å². The second-order valence-electron chi connectivity index (χ2n) is 4.95. The number of hydrogen-bond donors (Lipinski definition) is 0. The lowest BCUT2D eigenvalue weighted by atomic mass is 10.1. The molecular formula is C17H15N3O. The Morgan fingerprint density at radius 1 is 1.14 bits per heavy atom. The van der Waals surface area contributed by atoms with Gasteiger partial charge in [-0.25, -0.2) is 4.98 Å².